The van der Waals surface area contributed by atoms with E-state index in [0.29, 0.717) is 0 Å². The molecule has 0 saturated carbocycles. The maximum Gasteiger partial charge on any atom is 0.146 e. The van der Waals surface area contributed by atoms with E-state index >= 15 is 0 Å². The van der Waals surface area contributed by atoms with E-state index in [1.54, 1.807) is 12.4 Å². The van der Waals surface area contributed by atoms with Gasteiger partial charge in [-0.15, -0.1) is 0 Å². The van der Waals surface area contributed by atoms with Crippen LogP contribution in [-0.2, 0) is 0 Å². The molecule has 0 aliphatic rings. The Bertz CT molecular complexity index is 306. The summed E-state index contributed by atoms with van der Waals surface area (Å²) in [7, 11) is 1.85. The first-order valence-corrected chi connectivity index (χ1v) is 7.49. The molecule has 4 nitrogen and oxygen atoms in total. The molecule has 1 aromatic rings. The molecule has 0 aliphatic heterocycles. The van der Waals surface area contributed by atoms with Crippen LogP contribution in [0.4, 0.5) is 11.6 Å². The van der Waals surface area contributed by atoms with E-state index in [-0.39, 0.29) is 0 Å². The number of thioether (sulfide) groups is 1. The quantitative estimate of drug-likeness (QED) is 0.664. The smallest absolute Gasteiger partial charge is 0.146 e. The van der Waals surface area contributed by atoms with E-state index in [9.17, 15) is 0 Å². The number of anilines is 2. The van der Waals surface area contributed by atoms with Gasteiger partial charge in [0.05, 0.1) is 12.4 Å². The molecule has 0 bridgehead atoms. The van der Waals surface area contributed by atoms with Crippen LogP contribution in [-0.4, -0.2) is 35.6 Å². The average molecular weight is 254 g/mol. The van der Waals surface area contributed by atoms with Crippen LogP contribution in [0.3, 0.4) is 0 Å². The van der Waals surface area contributed by atoms with Crippen LogP contribution in [0, 0.1) is 0 Å². The second-order valence-corrected chi connectivity index (χ2v) is 4.86. The Labute approximate surface area is 108 Å². The SMILES string of the molecule is CNc1cncc(NCCCCCCSC)n1. The molecule has 0 radical (unpaired) electrons. The van der Waals surface area contributed by atoms with Crippen molar-refractivity contribution in [1.82, 2.24) is 9.97 Å². The molecular formula is C12H22N4S. The number of nitrogens with zero attached hydrogens (tertiary/aromatic N) is 2. The van der Waals surface area contributed by atoms with E-state index < -0.39 is 0 Å². The van der Waals surface area contributed by atoms with Crippen molar-refractivity contribution in [2.24, 2.45) is 0 Å². The summed E-state index contributed by atoms with van der Waals surface area (Å²) < 4.78 is 0. The van der Waals surface area contributed by atoms with Crippen LogP contribution in [0.5, 0.6) is 0 Å². The Hall–Kier alpha value is -0.970. The summed E-state index contributed by atoms with van der Waals surface area (Å²) in [5.74, 6) is 2.93. The van der Waals surface area contributed by atoms with Gasteiger partial charge in [0.2, 0.25) is 0 Å². The van der Waals surface area contributed by atoms with E-state index in [1.807, 2.05) is 18.8 Å². The van der Waals surface area contributed by atoms with Gasteiger partial charge in [-0.2, -0.15) is 11.8 Å². The molecule has 2 N–H and O–H groups in total. The first-order chi connectivity index (χ1) is 8.36. The van der Waals surface area contributed by atoms with Crippen LogP contribution < -0.4 is 10.6 Å². The van der Waals surface area contributed by atoms with Crippen molar-refractivity contribution in [3.63, 3.8) is 0 Å². The summed E-state index contributed by atoms with van der Waals surface area (Å²) in [4.78, 5) is 8.46. The molecule has 5 heteroatoms. The van der Waals surface area contributed by atoms with Gasteiger partial charge < -0.3 is 10.6 Å². The minimum absolute atomic E-state index is 0.801. The highest BCUT2D eigenvalue weighted by Crippen LogP contribution is 2.07. The zero-order chi connectivity index (χ0) is 12.3. The van der Waals surface area contributed by atoms with Crippen molar-refractivity contribution in [2.75, 3.05) is 36.2 Å². The predicted octanol–water partition coefficient (Wildman–Crippen LogP) is 2.85. The average Bonchev–Trinajstić information content (AvgIpc) is 2.38. The van der Waals surface area contributed by atoms with E-state index in [4.69, 9.17) is 0 Å². The second kappa shape index (κ2) is 9.10. The molecule has 0 atom stereocenters. The fraction of sp³-hybridized carbons (Fsp3) is 0.667. The van der Waals surface area contributed by atoms with Crippen LogP contribution in [0.1, 0.15) is 25.7 Å². The van der Waals surface area contributed by atoms with Gasteiger partial charge in [0.1, 0.15) is 11.6 Å². The summed E-state index contributed by atoms with van der Waals surface area (Å²) in [6.45, 7) is 0.973. The molecule has 17 heavy (non-hydrogen) atoms. The van der Waals surface area contributed by atoms with E-state index in [0.717, 1.165) is 18.2 Å². The summed E-state index contributed by atoms with van der Waals surface area (Å²) in [6.07, 6.45) is 10.8. The lowest BCUT2D eigenvalue weighted by Gasteiger charge is -2.06. The number of hydrogen-bond donors (Lipinski definition) is 2. The molecule has 0 unspecified atom stereocenters. The van der Waals surface area contributed by atoms with Gasteiger partial charge in [-0.05, 0) is 24.9 Å². The lowest BCUT2D eigenvalue weighted by atomic mass is 10.2. The van der Waals surface area contributed by atoms with Gasteiger partial charge in [-0.3, -0.25) is 4.98 Å². The van der Waals surface area contributed by atoms with Crippen molar-refractivity contribution >= 4 is 23.4 Å². The number of unbranched alkanes of at least 4 members (excludes halogenated alkanes) is 3. The Kier molecular flexibility index (Phi) is 7.54. The van der Waals surface area contributed by atoms with Crippen LogP contribution in [0.2, 0.25) is 0 Å². The number of rotatable bonds is 9. The lowest BCUT2D eigenvalue weighted by molar-refractivity contribution is 0.688. The highest BCUT2D eigenvalue weighted by molar-refractivity contribution is 7.98. The molecule has 1 aromatic heterocycles. The molecule has 96 valence electrons. The highest BCUT2D eigenvalue weighted by atomic mass is 32.2. The van der Waals surface area contributed by atoms with Gasteiger partial charge in [0, 0.05) is 13.6 Å². The molecule has 0 aromatic carbocycles. The Morgan fingerprint density at radius 2 is 1.88 bits per heavy atom. The Morgan fingerprint density at radius 1 is 1.12 bits per heavy atom. The molecule has 1 heterocycles. The third-order valence-corrected chi connectivity index (χ3v) is 3.17. The summed E-state index contributed by atoms with van der Waals surface area (Å²) in [5, 5.41) is 6.27. The topological polar surface area (TPSA) is 49.8 Å². The van der Waals surface area contributed by atoms with Gasteiger partial charge in [-0.1, -0.05) is 12.8 Å². The second-order valence-electron chi connectivity index (χ2n) is 3.87. The Morgan fingerprint density at radius 3 is 2.65 bits per heavy atom. The predicted molar refractivity (Wildman–Crippen MR) is 76.9 cm³/mol. The van der Waals surface area contributed by atoms with Crippen molar-refractivity contribution in [2.45, 2.75) is 25.7 Å². The van der Waals surface area contributed by atoms with Gasteiger partial charge in [0.15, 0.2) is 0 Å². The van der Waals surface area contributed by atoms with Gasteiger partial charge >= 0.3 is 0 Å². The first kappa shape index (κ1) is 14.1. The first-order valence-electron chi connectivity index (χ1n) is 6.09. The monoisotopic (exact) mass is 254 g/mol. The van der Waals surface area contributed by atoms with Crippen molar-refractivity contribution in [3.8, 4) is 0 Å². The Balaban J connectivity index is 2.09. The summed E-state index contributed by atoms with van der Waals surface area (Å²) in [5.41, 5.74) is 0. The van der Waals surface area contributed by atoms with Crippen LogP contribution >= 0.6 is 11.8 Å². The van der Waals surface area contributed by atoms with Crippen molar-refractivity contribution in [1.29, 1.82) is 0 Å². The molecule has 0 fully saturated rings. The fourth-order valence-electron chi connectivity index (χ4n) is 1.51. The lowest BCUT2D eigenvalue weighted by Crippen LogP contribution is -2.05. The number of nitrogens with one attached hydrogen (secondary N) is 2. The van der Waals surface area contributed by atoms with Crippen LogP contribution in [0.15, 0.2) is 12.4 Å². The minimum Gasteiger partial charge on any atom is -0.372 e. The number of hydrogen-bond acceptors (Lipinski definition) is 5. The van der Waals surface area contributed by atoms with Gasteiger partial charge in [0.25, 0.3) is 0 Å². The third-order valence-electron chi connectivity index (χ3n) is 2.47. The molecule has 0 spiro atoms. The van der Waals surface area contributed by atoms with E-state index in [2.05, 4.69) is 26.9 Å². The zero-order valence-electron chi connectivity index (χ0n) is 10.7. The fourth-order valence-corrected chi connectivity index (χ4v) is 2.01. The minimum atomic E-state index is 0.801. The van der Waals surface area contributed by atoms with E-state index in [1.165, 1.54) is 31.4 Å². The standard InChI is InChI=1S/C12H22N4S/c1-13-11-9-14-10-12(16-11)15-7-5-3-4-6-8-17-2/h9-10H,3-8H2,1-2H3,(H2,13,15,16). The maximum atomic E-state index is 4.35. The maximum absolute atomic E-state index is 4.35. The molecule has 0 saturated heterocycles. The molecule has 0 aliphatic carbocycles. The zero-order valence-corrected chi connectivity index (χ0v) is 11.5. The highest BCUT2D eigenvalue weighted by Gasteiger charge is 1.96. The third kappa shape index (κ3) is 6.36. The number of aromatic nitrogens is 2. The van der Waals surface area contributed by atoms with Crippen LogP contribution in [0.25, 0.3) is 0 Å². The normalized spacial score (nSPS) is 10.2. The molecule has 1 rings (SSSR count). The van der Waals surface area contributed by atoms with Crippen molar-refractivity contribution in [3.05, 3.63) is 12.4 Å². The summed E-state index contributed by atoms with van der Waals surface area (Å²) in [6, 6.07) is 0. The van der Waals surface area contributed by atoms with Gasteiger partial charge in [-0.25, -0.2) is 4.98 Å². The largest absolute Gasteiger partial charge is 0.372 e. The van der Waals surface area contributed by atoms with Crippen molar-refractivity contribution < 1.29 is 0 Å². The molecular weight excluding hydrogens is 232 g/mol. The molecule has 0 amide bonds. The summed E-state index contributed by atoms with van der Waals surface area (Å²) >= 11 is 1.93.